The molecule has 0 aliphatic heterocycles. The Morgan fingerprint density at radius 1 is 1.05 bits per heavy atom. The maximum absolute atomic E-state index is 6.43. The van der Waals surface area contributed by atoms with Gasteiger partial charge in [0.2, 0.25) is 0 Å². The second-order valence-corrected chi connectivity index (χ2v) is 7.33. The molecule has 1 aromatic carbocycles. The van der Waals surface area contributed by atoms with Crippen LogP contribution in [0.5, 0.6) is 0 Å². The van der Waals surface area contributed by atoms with Crippen molar-refractivity contribution in [3.8, 4) is 0 Å². The number of benzene rings is 1. The third-order valence-corrected chi connectivity index (χ3v) is 4.92. The molecule has 1 aliphatic carbocycles. The number of rotatable bonds is 3. The first kappa shape index (κ1) is 14.6. The Labute approximate surface area is 118 Å². The highest BCUT2D eigenvalue weighted by Crippen LogP contribution is 2.40. The van der Waals surface area contributed by atoms with E-state index in [-0.39, 0.29) is 0 Å². The summed E-state index contributed by atoms with van der Waals surface area (Å²) in [6, 6.07) is 11.0. The Morgan fingerprint density at radius 2 is 1.63 bits per heavy atom. The first-order valence-electron chi connectivity index (χ1n) is 7.76. The molecule has 1 nitrogen and oxygen atoms in total. The maximum Gasteiger partial charge on any atom is 0.0108 e. The van der Waals surface area contributed by atoms with Gasteiger partial charge in [0.1, 0.15) is 0 Å². The summed E-state index contributed by atoms with van der Waals surface area (Å²) in [6.45, 7) is 7.13. The predicted octanol–water partition coefficient (Wildman–Crippen LogP) is 4.41. The molecule has 1 aromatic rings. The lowest BCUT2D eigenvalue weighted by molar-refractivity contribution is 0.139. The van der Waals surface area contributed by atoms with Crippen LogP contribution in [0.1, 0.15) is 52.0 Å². The predicted molar refractivity (Wildman–Crippen MR) is 83.0 cm³/mol. The van der Waals surface area contributed by atoms with Crippen LogP contribution >= 0.6 is 0 Å². The van der Waals surface area contributed by atoms with Crippen LogP contribution in [0.4, 0.5) is 0 Å². The lowest BCUT2D eigenvalue weighted by Crippen LogP contribution is -2.36. The van der Waals surface area contributed by atoms with Gasteiger partial charge >= 0.3 is 0 Å². The minimum absolute atomic E-state index is 0.336. The molecule has 2 rings (SSSR count). The van der Waals surface area contributed by atoms with Gasteiger partial charge in [0, 0.05) is 6.04 Å². The van der Waals surface area contributed by atoms with Crippen molar-refractivity contribution in [2.75, 3.05) is 0 Å². The SMILES string of the molecule is CC(C)(C)C1CCC(C(N)Cc2ccccc2)CC1. The van der Waals surface area contributed by atoms with Crippen molar-refractivity contribution < 1.29 is 0 Å². The monoisotopic (exact) mass is 259 g/mol. The zero-order valence-electron chi connectivity index (χ0n) is 12.7. The third-order valence-electron chi connectivity index (χ3n) is 4.92. The number of nitrogens with two attached hydrogens (primary N) is 1. The summed E-state index contributed by atoms with van der Waals surface area (Å²) in [5.41, 5.74) is 8.28. The minimum atomic E-state index is 0.336. The average molecular weight is 259 g/mol. The molecular weight excluding hydrogens is 230 g/mol. The molecular formula is C18H29N. The van der Waals surface area contributed by atoms with Gasteiger partial charge in [-0.1, -0.05) is 51.1 Å². The Morgan fingerprint density at radius 3 is 2.16 bits per heavy atom. The van der Waals surface area contributed by atoms with Gasteiger partial charge in [-0.15, -0.1) is 0 Å². The smallest absolute Gasteiger partial charge is 0.0108 e. The van der Waals surface area contributed by atoms with Crippen LogP contribution < -0.4 is 5.73 Å². The quantitative estimate of drug-likeness (QED) is 0.855. The summed E-state index contributed by atoms with van der Waals surface area (Å²) >= 11 is 0. The van der Waals surface area contributed by atoms with E-state index in [1.165, 1.54) is 31.2 Å². The lowest BCUT2D eigenvalue weighted by Gasteiger charge is -2.38. The molecule has 0 bridgehead atoms. The molecule has 0 radical (unpaired) electrons. The standard InChI is InChI=1S/C18H29N/c1-18(2,3)16-11-9-15(10-12-16)17(19)13-14-7-5-4-6-8-14/h4-8,15-17H,9-13,19H2,1-3H3. The van der Waals surface area contributed by atoms with Crippen molar-refractivity contribution in [1.29, 1.82) is 0 Å². The van der Waals surface area contributed by atoms with Crippen molar-refractivity contribution in [3.63, 3.8) is 0 Å². The Balaban J connectivity index is 1.84. The normalized spacial score (nSPS) is 26.1. The zero-order valence-corrected chi connectivity index (χ0v) is 12.7. The van der Waals surface area contributed by atoms with Crippen LogP contribution in [0.3, 0.4) is 0 Å². The molecule has 106 valence electrons. The van der Waals surface area contributed by atoms with E-state index in [1.807, 2.05) is 0 Å². The average Bonchev–Trinajstić information content (AvgIpc) is 2.39. The number of hydrogen-bond acceptors (Lipinski definition) is 1. The van der Waals surface area contributed by atoms with E-state index in [2.05, 4.69) is 51.1 Å². The topological polar surface area (TPSA) is 26.0 Å². The van der Waals surface area contributed by atoms with Crippen LogP contribution in [0.25, 0.3) is 0 Å². The number of hydrogen-bond donors (Lipinski definition) is 1. The zero-order chi connectivity index (χ0) is 13.9. The Kier molecular flexibility index (Phi) is 4.67. The van der Waals surface area contributed by atoms with Gasteiger partial charge in [-0.2, -0.15) is 0 Å². The summed E-state index contributed by atoms with van der Waals surface area (Å²) in [7, 11) is 0. The molecule has 1 saturated carbocycles. The second kappa shape index (κ2) is 6.09. The largest absolute Gasteiger partial charge is 0.327 e. The fourth-order valence-electron chi connectivity index (χ4n) is 3.47. The highest BCUT2D eigenvalue weighted by Gasteiger charge is 2.31. The third kappa shape index (κ3) is 4.07. The molecule has 0 amide bonds. The van der Waals surface area contributed by atoms with Crippen molar-refractivity contribution in [1.82, 2.24) is 0 Å². The first-order chi connectivity index (χ1) is 8.97. The lowest BCUT2D eigenvalue weighted by atomic mass is 9.68. The molecule has 0 saturated heterocycles. The first-order valence-corrected chi connectivity index (χ1v) is 7.76. The Hall–Kier alpha value is -0.820. The van der Waals surface area contributed by atoms with Crippen LogP contribution in [0, 0.1) is 17.3 Å². The molecule has 0 aromatic heterocycles. The molecule has 2 N–H and O–H groups in total. The van der Waals surface area contributed by atoms with Crippen LogP contribution in [-0.4, -0.2) is 6.04 Å². The molecule has 1 atom stereocenters. The fraction of sp³-hybridized carbons (Fsp3) is 0.667. The second-order valence-electron chi connectivity index (χ2n) is 7.33. The summed E-state index contributed by atoms with van der Waals surface area (Å²) in [5, 5.41) is 0. The van der Waals surface area contributed by atoms with Crippen LogP contribution in [0.2, 0.25) is 0 Å². The van der Waals surface area contributed by atoms with Gasteiger partial charge in [0.25, 0.3) is 0 Å². The van der Waals surface area contributed by atoms with E-state index >= 15 is 0 Å². The molecule has 1 fully saturated rings. The van der Waals surface area contributed by atoms with Crippen molar-refractivity contribution in [3.05, 3.63) is 35.9 Å². The van der Waals surface area contributed by atoms with E-state index in [0.29, 0.717) is 11.5 Å². The summed E-state index contributed by atoms with van der Waals surface area (Å²) in [5.74, 6) is 1.60. The van der Waals surface area contributed by atoms with E-state index in [1.54, 1.807) is 0 Å². The molecule has 0 heterocycles. The van der Waals surface area contributed by atoms with Crippen molar-refractivity contribution >= 4 is 0 Å². The molecule has 1 unspecified atom stereocenters. The van der Waals surface area contributed by atoms with Crippen molar-refractivity contribution in [2.45, 2.75) is 58.9 Å². The van der Waals surface area contributed by atoms with Gasteiger partial charge in [-0.3, -0.25) is 0 Å². The van der Waals surface area contributed by atoms with E-state index < -0.39 is 0 Å². The van der Waals surface area contributed by atoms with Crippen molar-refractivity contribution in [2.24, 2.45) is 23.0 Å². The van der Waals surface area contributed by atoms with Gasteiger partial charge in [-0.05, 0) is 54.9 Å². The minimum Gasteiger partial charge on any atom is -0.327 e. The maximum atomic E-state index is 6.43. The van der Waals surface area contributed by atoms with Gasteiger partial charge in [-0.25, -0.2) is 0 Å². The van der Waals surface area contributed by atoms with E-state index in [9.17, 15) is 0 Å². The van der Waals surface area contributed by atoms with Crippen LogP contribution in [-0.2, 0) is 6.42 Å². The Bertz CT molecular complexity index is 368. The van der Waals surface area contributed by atoms with Gasteiger partial charge in [0.05, 0.1) is 0 Å². The molecule has 19 heavy (non-hydrogen) atoms. The summed E-state index contributed by atoms with van der Waals surface area (Å²) < 4.78 is 0. The van der Waals surface area contributed by atoms with E-state index in [4.69, 9.17) is 5.73 Å². The van der Waals surface area contributed by atoms with Gasteiger partial charge < -0.3 is 5.73 Å². The van der Waals surface area contributed by atoms with Crippen LogP contribution in [0.15, 0.2) is 30.3 Å². The summed E-state index contributed by atoms with van der Waals surface area (Å²) in [6.07, 6.45) is 6.38. The summed E-state index contributed by atoms with van der Waals surface area (Å²) in [4.78, 5) is 0. The molecule has 0 spiro atoms. The highest BCUT2D eigenvalue weighted by molar-refractivity contribution is 5.16. The highest BCUT2D eigenvalue weighted by atomic mass is 14.7. The fourth-order valence-corrected chi connectivity index (χ4v) is 3.47. The van der Waals surface area contributed by atoms with E-state index in [0.717, 1.165) is 18.3 Å². The molecule has 1 aliphatic rings. The molecule has 1 heteroatoms. The van der Waals surface area contributed by atoms with Gasteiger partial charge in [0.15, 0.2) is 0 Å².